The number of carboxylic acids is 1. The molecule has 0 spiro atoms. The van der Waals surface area contributed by atoms with Crippen molar-refractivity contribution in [3.8, 4) is 11.5 Å². The molecule has 1 aliphatic carbocycles. The molecular weight excluding hydrogens is 352 g/mol. The maximum absolute atomic E-state index is 12.2. The molecule has 0 unspecified atom stereocenters. The molecule has 2 rings (SSSR count). The number of hydrogen-bond donors (Lipinski definition) is 3. The number of hydrogen-bond acceptors (Lipinski definition) is 5. The predicted octanol–water partition coefficient (Wildman–Crippen LogP) is 1.33. The average molecular weight is 378 g/mol. The van der Waals surface area contributed by atoms with Crippen LogP contribution in [-0.4, -0.2) is 43.2 Å². The van der Waals surface area contributed by atoms with E-state index in [4.69, 9.17) is 14.6 Å². The van der Waals surface area contributed by atoms with E-state index in [1.807, 2.05) is 6.92 Å². The van der Waals surface area contributed by atoms with E-state index in [-0.39, 0.29) is 24.3 Å². The highest BCUT2D eigenvalue weighted by Crippen LogP contribution is 2.31. The van der Waals surface area contributed by atoms with E-state index in [1.165, 1.54) is 7.11 Å². The molecule has 0 saturated heterocycles. The number of carbonyl (C=O) groups excluding carboxylic acids is 2. The first-order valence-corrected chi connectivity index (χ1v) is 9.01. The number of aliphatic carboxylic acids is 1. The molecule has 0 bridgehead atoms. The maximum atomic E-state index is 12.2. The van der Waals surface area contributed by atoms with Crippen molar-refractivity contribution in [2.45, 2.75) is 32.7 Å². The van der Waals surface area contributed by atoms with Gasteiger partial charge in [-0.2, -0.15) is 0 Å². The number of methoxy groups -OCH3 is 1. The molecule has 1 aromatic carbocycles. The van der Waals surface area contributed by atoms with Gasteiger partial charge in [0.15, 0.2) is 18.1 Å². The molecule has 0 heterocycles. The molecule has 0 radical (unpaired) electrons. The van der Waals surface area contributed by atoms with Gasteiger partial charge in [0.05, 0.1) is 13.0 Å². The topological polar surface area (TPSA) is 114 Å². The minimum Gasteiger partial charge on any atom is -0.493 e. The molecular formula is C19H26N2O6. The Morgan fingerprint density at radius 1 is 1.15 bits per heavy atom. The van der Waals surface area contributed by atoms with Crippen molar-refractivity contribution in [2.24, 2.45) is 11.8 Å². The van der Waals surface area contributed by atoms with Crippen LogP contribution in [0.4, 0.5) is 0 Å². The van der Waals surface area contributed by atoms with Crippen LogP contribution in [0.5, 0.6) is 11.5 Å². The zero-order valence-corrected chi connectivity index (χ0v) is 15.6. The van der Waals surface area contributed by atoms with Crippen LogP contribution >= 0.6 is 0 Å². The largest absolute Gasteiger partial charge is 0.493 e. The van der Waals surface area contributed by atoms with Gasteiger partial charge in [-0.1, -0.05) is 6.07 Å². The van der Waals surface area contributed by atoms with Crippen molar-refractivity contribution < 1.29 is 29.0 Å². The van der Waals surface area contributed by atoms with Crippen molar-refractivity contribution in [1.82, 2.24) is 10.6 Å². The Morgan fingerprint density at radius 3 is 2.52 bits per heavy atom. The second-order valence-corrected chi connectivity index (χ2v) is 6.49. The fourth-order valence-corrected chi connectivity index (χ4v) is 3.11. The van der Waals surface area contributed by atoms with Gasteiger partial charge in [0.2, 0.25) is 5.91 Å². The highest BCUT2D eigenvalue weighted by atomic mass is 16.5. The lowest BCUT2D eigenvalue weighted by molar-refractivity contribution is -0.141. The van der Waals surface area contributed by atoms with Crippen LogP contribution in [0.1, 0.15) is 31.7 Å². The summed E-state index contributed by atoms with van der Waals surface area (Å²) in [7, 11) is 1.50. The van der Waals surface area contributed by atoms with Gasteiger partial charge in [0.1, 0.15) is 0 Å². The van der Waals surface area contributed by atoms with Gasteiger partial charge in [-0.25, -0.2) is 0 Å². The molecule has 1 fully saturated rings. The number of carboxylic acid groups (broad SMARTS) is 1. The smallest absolute Gasteiger partial charge is 0.306 e. The van der Waals surface area contributed by atoms with Crippen LogP contribution < -0.4 is 20.1 Å². The number of rotatable bonds is 9. The SMILES string of the molecule is CCNC(=O)COc1ccc(CNC(=O)[C@@H]2CC[C@H](C(=O)O)C2)cc1OC. The van der Waals surface area contributed by atoms with E-state index in [0.717, 1.165) is 5.56 Å². The quantitative estimate of drug-likeness (QED) is 0.597. The lowest BCUT2D eigenvalue weighted by Gasteiger charge is -2.14. The first-order valence-electron chi connectivity index (χ1n) is 9.01. The van der Waals surface area contributed by atoms with Gasteiger partial charge < -0.3 is 25.2 Å². The second kappa shape index (κ2) is 9.80. The third-order valence-corrected chi connectivity index (χ3v) is 4.58. The summed E-state index contributed by atoms with van der Waals surface area (Å²) in [5.41, 5.74) is 0.818. The second-order valence-electron chi connectivity index (χ2n) is 6.49. The van der Waals surface area contributed by atoms with Crippen LogP contribution in [0, 0.1) is 11.8 Å². The molecule has 148 valence electrons. The van der Waals surface area contributed by atoms with E-state index in [9.17, 15) is 14.4 Å². The van der Waals surface area contributed by atoms with E-state index < -0.39 is 11.9 Å². The molecule has 27 heavy (non-hydrogen) atoms. The standard InChI is InChI=1S/C19H26N2O6/c1-3-20-17(22)11-27-15-7-4-12(8-16(15)26-2)10-21-18(23)13-5-6-14(9-13)19(24)25/h4,7-8,13-14H,3,5-6,9-11H2,1-2H3,(H,20,22)(H,21,23)(H,24,25)/t13-,14+/m1/s1. The van der Waals surface area contributed by atoms with Crippen molar-refractivity contribution in [3.05, 3.63) is 23.8 Å². The number of amides is 2. The predicted molar refractivity (Wildman–Crippen MR) is 97.5 cm³/mol. The van der Waals surface area contributed by atoms with Gasteiger partial charge in [-0.3, -0.25) is 14.4 Å². The maximum Gasteiger partial charge on any atom is 0.306 e. The Morgan fingerprint density at radius 2 is 1.89 bits per heavy atom. The molecule has 1 saturated carbocycles. The van der Waals surface area contributed by atoms with Crippen molar-refractivity contribution in [3.63, 3.8) is 0 Å². The number of ether oxygens (including phenoxy) is 2. The summed E-state index contributed by atoms with van der Waals surface area (Å²) in [6.07, 6.45) is 1.52. The molecule has 3 N–H and O–H groups in total. The molecule has 0 aliphatic heterocycles. The van der Waals surface area contributed by atoms with Crippen LogP contribution in [0.15, 0.2) is 18.2 Å². The van der Waals surface area contributed by atoms with E-state index in [0.29, 0.717) is 43.9 Å². The summed E-state index contributed by atoms with van der Waals surface area (Å²) in [5, 5.41) is 14.5. The highest BCUT2D eigenvalue weighted by Gasteiger charge is 2.33. The van der Waals surface area contributed by atoms with E-state index in [2.05, 4.69) is 10.6 Å². The summed E-state index contributed by atoms with van der Waals surface area (Å²) in [5.74, 6) is -0.953. The van der Waals surface area contributed by atoms with E-state index in [1.54, 1.807) is 18.2 Å². The Hall–Kier alpha value is -2.77. The lowest BCUT2D eigenvalue weighted by Crippen LogP contribution is -2.29. The van der Waals surface area contributed by atoms with Gasteiger partial charge in [-0.15, -0.1) is 0 Å². The number of benzene rings is 1. The Kier molecular flexibility index (Phi) is 7.45. The van der Waals surface area contributed by atoms with E-state index >= 15 is 0 Å². The zero-order valence-electron chi connectivity index (χ0n) is 15.6. The summed E-state index contributed by atoms with van der Waals surface area (Å²) in [6, 6.07) is 5.21. The molecule has 8 heteroatoms. The van der Waals surface area contributed by atoms with Crippen LogP contribution in [-0.2, 0) is 20.9 Å². The molecule has 1 aromatic rings. The van der Waals surface area contributed by atoms with Gasteiger partial charge in [0, 0.05) is 19.0 Å². The first-order chi connectivity index (χ1) is 12.9. The number of likely N-dealkylation sites (N-methyl/N-ethyl adjacent to an activating group) is 1. The third-order valence-electron chi connectivity index (χ3n) is 4.58. The third kappa shape index (κ3) is 5.87. The Labute approximate surface area is 158 Å². The first kappa shape index (κ1) is 20.5. The summed E-state index contributed by atoms with van der Waals surface area (Å²) in [4.78, 5) is 34.7. The van der Waals surface area contributed by atoms with Gasteiger partial charge in [0.25, 0.3) is 5.91 Å². The summed E-state index contributed by atoms with van der Waals surface area (Å²) < 4.78 is 10.7. The minimum atomic E-state index is -0.835. The molecule has 8 nitrogen and oxygen atoms in total. The fraction of sp³-hybridized carbons (Fsp3) is 0.526. The minimum absolute atomic E-state index is 0.104. The number of carbonyl (C=O) groups is 3. The number of nitrogens with one attached hydrogen (secondary N) is 2. The normalized spacial score (nSPS) is 18.6. The summed E-state index contributed by atoms with van der Waals surface area (Å²) in [6.45, 7) is 2.56. The van der Waals surface area contributed by atoms with Crippen LogP contribution in [0.3, 0.4) is 0 Å². The van der Waals surface area contributed by atoms with Crippen LogP contribution in [0.2, 0.25) is 0 Å². The highest BCUT2D eigenvalue weighted by molar-refractivity contribution is 5.81. The van der Waals surface area contributed by atoms with Gasteiger partial charge >= 0.3 is 5.97 Å². The Balaban J connectivity index is 1.88. The van der Waals surface area contributed by atoms with Crippen molar-refractivity contribution in [1.29, 1.82) is 0 Å². The van der Waals surface area contributed by atoms with Crippen LogP contribution in [0.25, 0.3) is 0 Å². The molecule has 2 amide bonds. The van der Waals surface area contributed by atoms with Crippen molar-refractivity contribution >= 4 is 17.8 Å². The van der Waals surface area contributed by atoms with Gasteiger partial charge in [-0.05, 0) is 43.9 Å². The Bertz CT molecular complexity index is 691. The monoisotopic (exact) mass is 378 g/mol. The molecule has 2 atom stereocenters. The van der Waals surface area contributed by atoms with Crippen molar-refractivity contribution in [2.75, 3.05) is 20.3 Å². The molecule has 0 aromatic heterocycles. The summed E-state index contributed by atoms with van der Waals surface area (Å²) >= 11 is 0. The molecule has 1 aliphatic rings. The zero-order chi connectivity index (χ0) is 19.8. The lowest BCUT2D eigenvalue weighted by atomic mass is 10.0. The fourth-order valence-electron chi connectivity index (χ4n) is 3.11. The average Bonchev–Trinajstić information content (AvgIpc) is 3.15.